The van der Waals surface area contributed by atoms with Crippen LogP contribution >= 0.6 is 23.4 Å². The maximum absolute atomic E-state index is 12.3. The monoisotopic (exact) mass is 441 g/mol. The molecule has 0 bridgehead atoms. The summed E-state index contributed by atoms with van der Waals surface area (Å²) in [5.41, 5.74) is 2.15. The molecule has 1 aromatic heterocycles. The maximum Gasteiger partial charge on any atom is 0.234 e. The van der Waals surface area contributed by atoms with Crippen LogP contribution in [0.15, 0.2) is 66.3 Å². The molecular weight excluding hydrogens is 422 g/mol. The molecule has 2 aromatic carbocycles. The van der Waals surface area contributed by atoms with E-state index < -0.39 is 0 Å². The van der Waals surface area contributed by atoms with Crippen LogP contribution in [0.2, 0.25) is 5.02 Å². The van der Waals surface area contributed by atoms with Crippen LogP contribution in [-0.2, 0) is 16.1 Å². The average molecular weight is 442 g/mol. The van der Waals surface area contributed by atoms with Crippen molar-refractivity contribution in [3.05, 3.63) is 66.2 Å². The maximum atomic E-state index is 12.3. The van der Waals surface area contributed by atoms with E-state index >= 15 is 0 Å². The minimum absolute atomic E-state index is 0.149. The Balaban J connectivity index is 1.65. The zero-order chi connectivity index (χ0) is 21.5. The first-order chi connectivity index (χ1) is 14.5. The number of carbonyl (C=O) groups excluding carboxylic acids is 2. The molecule has 0 aliphatic rings. The zero-order valence-corrected chi connectivity index (χ0v) is 17.8. The lowest BCUT2D eigenvalue weighted by molar-refractivity contribution is -0.114. The Labute approximate surface area is 183 Å². The summed E-state index contributed by atoms with van der Waals surface area (Å²) < 4.78 is 1.89. The predicted molar refractivity (Wildman–Crippen MR) is 121 cm³/mol. The molecule has 3 aromatic rings. The molecule has 9 heteroatoms. The van der Waals surface area contributed by atoms with E-state index in [9.17, 15) is 9.59 Å². The van der Waals surface area contributed by atoms with Crippen molar-refractivity contribution in [2.24, 2.45) is 0 Å². The van der Waals surface area contributed by atoms with Crippen LogP contribution in [0.1, 0.15) is 6.92 Å². The van der Waals surface area contributed by atoms with Crippen molar-refractivity contribution in [3.8, 4) is 11.4 Å². The van der Waals surface area contributed by atoms with E-state index in [0.29, 0.717) is 33.9 Å². The first kappa shape index (κ1) is 21.6. The Morgan fingerprint density at radius 1 is 1.13 bits per heavy atom. The molecule has 0 spiro atoms. The van der Waals surface area contributed by atoms with Crippen LogP contribution in [-0.4, -0.2) is 32.3 Å². The van der Waals surface area contributed by atoms with Crippen LogP contribution < -0.4 is 10.6 Å². The van der Waals surface area contributed by atoms with Crippen LogP contribution in [0, 0.1) is 0 Å². The topological polar surface area (TPSA) is 88.9 Å². The van der Waals surface area contributed by atoms with E-state index in [-0.39, 0.29) is 17.6 Å². The molecule has 0 saturated heterocycles. The molecule has 2 N–H and O–H groups in total. The smallest absolute Gasteiger partial charge is 0.234 e. The van der Waals surface area contributed by atoms with E-state index in [1.54, 1.807) is 36.4 Å². The van der Waals surface area contributed by atoms with Gasteiger partial charge in [0.15, 0.2) is 11.0 Å². The number of halogens is 1. The van der Waals surface area contributed by atoms with Crippen molar-refractivity contribution in [3.63, 3.8) is 0 Å². The number of nitrogens with zero attached hydrogens (tertiary/aromatic N) is 3. The quantitative estimate of drug-likeness (QED) is 0.397. The SMILES string of the molecule is C=CCn1c(SCC(=O)Nc2ccc(NC(C)=O)cc2)nnc1-c1cccc(Cl)c1. The summed E-state index contributed by atoms with van der Waals surface area (Å²) in [5, 5.41) is 15.2. The standard InChI is InChI=1S/C21H20ClN5O2S/c1-3-11-27-20(15-5-4-6-16(22)12-15)25-26-21(27)30-13-19(29)24-18-9-7-17(8-10-18)23-14(2)28/h3-10,12H,1,11,13H2,2H3,(H,23,28)(H,24,29). The van der Waals surface area contributed by atoms with Gasteiger partial charge in [-0.2, -0.15) is 0 Å². The van der Waals surface area contributed by atoms with E-state index in [0.717, 1.165) is 5.56 Å². The van der Waals surface area contributed by atoms with Gasteiger partial charge in [-0.3, -0.25) is 14.2 Å². The fourth-order valence-corrected chi connectivity index (χ4v) is 3.64. The highest BCUT2D eigenvalue weighted by molar-refractivity contribution is 7.99. The molecule has 1 heterocycles. The van der Waals surface area contributed by atoms with E-state index in [4.69, 9.17) is 11.6 Å². The third-order valence-corrected chi connectivity index (χ3v) is 5.13. The number of hydrogen-bond donors (Lipinski definition) is 2. The molecule has 0 radical (unpaired) electrons. The molecule has 2 amide bonds. The third-order valence-electron chi connectivity index (χ3n) is 3.93. The van der Waals surface area contributed by atoms with Crippen molar-refractivity contribution in [1.82, 2.24) is 14.8 Å². The van der Waals surface area contributed by atoms with Crippen molar-refractivity contribution in [2.45, 2.75) is 18.6 Å². The molecule has 3 rings (SSSR count). The van der Waals surface area contributed by atoms with Gasteiger partial charge in [-0.05, 0) is 36.4 Å². The average Bonchev–Trinajstić information content (AvgIpc) is 3.10. The number of hydrogen-bond acceptors (Lipinski definition) is 5. The van der Waals surface area contributed by atoms with Gasteiger partial charge in [-0.25, -0.2) is 0 Å². The van der Waals surface area contributed by atoms with Crippen molar-refractivity contribution >= 4 is 46.6 Å². The van der Waals surface area contributed by atoms with Gasteiger partial charge in [0.1, 0.15) is 0 Å². The summed E-state index contributed by atoms with van der Waals surface area (Å²) in [4.78, 5) is 23.4. The Kier molecular flexibility index (Phi) is 7.26. The van der Waals surface area contributed by atoms with Crippen LogP contribution in [0.4, 0.5) is 11.4 Å². The summed E-state index contributed by atoms with van der Waals surface area (Å²) in [6.45, 7) is 5.73. The second-order valence-electron chi connectivity index (χ2n) is 6.31. The highest BCUT2D eigenvalue weighted by Gasteiger charge is 2.15. The van der Waals surface area contributed by atoms with E-state index in [1.807, 2.05) is 22.8 Å². The van der Waals surface area contributed by atoms with Crippen LogP contribution in [0.3, 0.4) is 0 Å². The number of nitrogens with one attached hydrogen (secondary N) is 2. The Bertz CT molecular complexity index is 1070. The van der Waals surface area contributed by atoms with Gasteiger partial charge in [0.2, 0.25) is 11.8 Å². The van der Waals surface area contributed by atoms with Gasteiger partial charge in [-0.15, -0.1) is 16.8 Å². The highest BCUT2D eigenvalue weighted by Crippen LogP contribution is 2.26. The molecule has 0 saturated carbocycles. The zero-order valence-electron chi connectivity index (χ0n) is 16.3. The van der Waals surface area contributed by atoms with Gasteiger partial charge < -0.3 is 10.6 Å². The second kappa shape index (κ2) is 10.1. The number of aromatic nitrogens is 3. The van der Waals surface area contributed by atoms with E-state index in [2.05, 4.69) is 27.4 Å². The summed E-state index contributed by atoms with van der Waals surface area (Å²) in [7, 11) is 0. The molecule has 0 unspecified atom stereocenters. The van der Waals surface area contributed by atoms with Crippen molar-refractivity contribution in [1.29, 1.82) is 0 Å². The highest BCUT2D eigenvalue weighted by atomic mass is 35.5. The molecule has 0 aliphatic heterocycles. The lowest BCUT2D eigenvalue weighted by Gasteiger charge is -2.09. The van der Waals surface area contributed by atoms with Crippen LogP contribution in [0.25, 0.3) is 11.4 Å². The minimum atomic E-state index is -0.176. The van der Waals surface area contributed by atoms with Gasteiger partial charge in [0.05, 0.1) is 5.75 Å². The Morgan fingerprint density at radius 3 is 2.47 bits per heavy atom. The molecule has 30 heavy (non-hydrogen) atoms. The number of anilines is 2. The summed E-state index contributed by atoms with van der Waals surface area (Å²) in [6.07, 6.45) is 1.75. The van der Waals surface area contributed by atoms with E-state index in [1.165, 1.54) is 18.7 Å². The van der Waals surface area contributed by atoms with Gasteiger partial charge in [0.25, 0.3) is 0 Å². The summed E-state index contributed by atoms with van der Waals surface area (Å²) in [6, 6.07) is 14.3. The predicted octanol–water partition coefficient (Wildman–Crippen LogP) is 4.47. The van der Waals surface area contributed by atoms with Gasteiger partial charge >= 0.3 is 0 Å². The fraction of sp³-hybridized carbons (Fsp3) is 0.143. The normalized spacial score (nSPS) is 10.5. The molecular formula is C21H20ClN5O2S. The fourth-order valence-electron chi connectivity index (χ4n) is 2.70. The summed E-state index contributed by atoms with van der Waals surface area (Å²) >= 11 is 7.37. The van der Waals surface area contributed by atoms with Crippen LogP contribution in [0.5, 0.6) is 0 Å². The Hall–Kier alpha value is -3.10. The van der Waals surface area contributed by atoms with Crippen molar-refractivity contribution in [2.75, 3.05) is 16.4 Å². The molecule has 0 atom stereocenters. The number of rotatable bonds is 8. The number of thioether (sulfide) groups is 1. The molecule has 154 valence electrons. The first-order valence-corrected chi connectivity index (χ1v) is 10.4. The molecule has 0 aliphatic carbocycles. The second-order valence-corrected chi connectivity index (χ2v) is 7.69. The lowest BCUT2D eigenvalue weighted by Crippen LogP contribution is -2.15. The molecule has 0 fully saturated rings. The first-order valence-electron chi connectivity index (χ1n) is 9.06. The largest absolute Gasteiger partial charge is 0.326 e. The Morgan fingerprint density at radius 2 is 1.83 bits per heavy atom. The summed E-state index contributed by atoms with van der Waals surface area (Å²) in [5.74, 6) is 0.501. The van der Waals surface area contributed by atoms with Gasteiger partial charge in [-0.1, -0.05) is 41.6 Å². The molecule has 7 nitrogen and oxygen atoms in total. The van der Waals surface area contributed by atoms with Crippen molar-refractivity contribution < 1.29 is 9.59 Å². The minimum Gasteiger partial charge on any atom is -0.326 e. The number of carbonyl (C=O) groups is 2. The lowest BCUT2D eigenvalue weighted by atomic mass is 10.2. The number of amides is 2. The third kappa shape index (κ3) is 5.71. The number of benzene rings is 2. The number of allylic oxidation sites excluding steroid dienone is 1. The van der Waals surface area contributed by atoms with Gasteiger partial charge in [0, 0.05) is 35.4 Å².